The lowest BCUT2D eigenvalue weighted by Crippen LogP contribution is -2.25. The lowest BCUT2D eigenvalue weighted by molar-refractivity contribution is 0.240. The Labute approximate surface area is 108 Å². The van der Waals surface area contributed by atoms with Crippen LogP contribution in [-0.4, -0.2) is 28.1 Å². The van der Waals surface area contributed by atoms with Crippen LogP contribution in [0.2, 0.25) is 0 Å². The molecule has 0 spiro atoms. The second kappa shape index (κ2) is 5.96. The van der Waals surface area contributed by atoms with E-state index in [9.17, 15) is 0 Å². The molecule has 1 saturated heterocycles. The van der Waals surface area contributed by atoms with Gasteiger partial charge in [-0.05, 0) is 32.4 Å². The molecular weight excluding hydrogens is 228 g/mol. The number of aromatic nitrogens is 2. The summed E-state index contributed by atoms with van der Waals surface area (Å²) in [5, 5.41) is 12.7. The first-order valence-electron chi connectivity index (χ1n) is 6.67. The average Bonchev–Trinajstić information content (AvgIpc) is 2.96. The van der Waals surface area contributed by atoms with Gasteiger partial charge in [-0.1, -0.05) is 19.0 Å². The first-order chi connectivity index (χ1) is 8.72. The molecule has 5 heteroatoms. The predicted molar refractivity (Wildman–Crippen MR) is 66.8 cm³/mol. The fourth-order valence-electron chi connectivity index (χ4n) is 2.36. The van der Waals surface area contributed by atoms with E-state index in [1.54, 1.807) is 0 Å². The van der Waals surface area contributed by atoms with Gasteiger partial charge in [-0.2, -0.15) is 10.2 Å². The Bertz CT molecular complexity index is 421. The zero-order valence-corrected chi connectivity index (χ0v) is 11.1. The minimum atomic E-state index is 0.277. The van der Waals surface area contributed by atoms with E-state index in [1.165, 1.54) is 6.42 Å². The predicted octanol–water partition coefficient (Wildman–Crippen LogP) is 2.63. The molecule has 0 aromatic carbocycles. The molecule has 5 nitrogen and oxygen atoms in total. The van der Waals surface area contributed by atoms with Crippen LogP contribution in [0.4, 0.5) is 0 Å². The molecule has 98 valence electrons. The van der Waals surface area contributed by atoms with E-state index >= 15 is 0 Å². The van der Waals surface area contributed by atoms with Gasteiger partial charge in [0.1, 0.15) is 0 Å². The van der Waals surface area contributed by atoms with Gasteiger partial charge in [0.15, 0.2) is 5.82 Å². The Hall–Kier alpha value is -1.41. The summed E-state index contributed by atoms with van der Waals surface area (Å²) in [5.41, 5.74) is 0. The van der Waals surface area contributed by atoms with Crippen LogP contribution in [0.3, 0.4) is 0 Å². The fourth-order valence-corrected chi connectivity index (χ4v) is 2.36. The van der Waals surface area contributed by atoms with E-state index in [1.807, 2.05) is 0 Å². The molecule has 0 aliphatic carbocycles. The molecule has 0 bridgehead atoms. The lowest BCUT2D eigenvalue weighted by Gasteiger charge is -2.20. The van der Waals surface area contributed by atoms with Crippen molar-refractivity contribution in [1.29, 1.82) is 5.26 Å². The topological polar surface area (TPSA) is 66.0 Å². The van der Waals surface area contributed by atoms with Crippen molar-refractivity contribution in [2.45, 2.75) is 51.5 Å². The molecule has 1 fully saturated rings. The second-order valence-corrected chi connectivity index (χ2v) is 5.10. The normalized spacial score (nSPS) is 20.4. The van der Waals surface area contributed by atoms with Crippen molar-refractivity contribution in [1.82, 2.24) is 15.0 Å². The molecule has 1 aliphatic heterocycles. The Morgan fingerprint density at radius 3 is 3.06 bits per heavy atom. The highest BCUT2D eigenvalue weighted by atomic mass is 16.5. The number of rotatable bonds is 5. The molecule has 18 heavy (non-hydrogen) atoms. The Balaban J connectivity index is 1.99. The first-order valence-corrected chi connectivity index (χ1v) is 6.67. The third-order valence-corrected chi connectivity index (χ3v) is 3.35. The summed E-state index contributed by atoms with van der Waals surface area (Å²) < 4.78 is 5.27. The van der Waals surface area contributed by atoms with Gasteiger partial charge >= 0.3 is 0 Å². The Morgan fingerprint density at radius 1 is 1.56 bits per heavy atom. The molecule has 2 rings (SSSR count). The molecule has 2 heterocycles. The molecule has 1 aromatic rings. The van der Waals surface area contributed by atoms with Crippen LogP contribution in [0.25, 0.3) is 0 Å². The summed E-state index contributed by atoms with van der Waals surface area (Å²) in [7, 11) is 0. The maximum absolute atomic E-state index is 8.58. The van der Waals surface area contributed by atoms with Crippen molar-refractivity contribution in [2.24, 2.45) is 0 Å². The fraction of sp³-hybridized carbons (Fsp3) is 0.769. The zero-order valence-electron chi connectivity index (χ0n) is 11.1. The summed E-state index contributed by atoms with van der Waals surface area (Å²) >= 11 is 0. The van der Waals surface area contributed by atoms with Crippen LogP contribution >= 0.6 is 0 Å². The highest BCUT2D eigenvalue weighted by Crippen LogP contribution is 2.30. The lowest BCUT2D eigenvalue weighted by atomic mass is 10.2. The Kier molecular flexibility index (Phi) is 4.32. The average molecular weight is 248 g/mol. The third kappa shape index (κ3) is 2.88. The monoisotopic (exact) mass is 248 g/mol. The van der Waals surface area contributed by atoms with E-state index in [-0.39, 0.29) is 12.0 Å². The van der Waals surface area contributed by atoms with Crippen molar-refractivity contribution >= 4 is 0 Å². The third-order valence-electron chi connectivity index (χ3n) is 3.35. The molecule has 1 aliphatic rings. The zero-order chi connectivity index (χ0) is 13.0. The molecule has 0 N–H and O–H groups in total. The van der Waals surface area contributed by atoms with Gasteiger partial charge < -0.3 is 4.52 Å². The van der Waals surface area contributed by atoms with Crippen molar-refractivity contribution in [2.75, 3.05) is 13.1 Å². The number of hydrogen-bond donors (Lipinski definition) is 0. The minimum absolute atomic E-state index is 0.277. The second-order valence-electron chi connectivity index (χ2n) is 5.10. The van der Waals surface area contributed by atoms with Gasteiger partial charge in [0.2, 0.25) is 5.89 Å². The van der Waals surface area contributed by atoms with Crippen LogP contribution in [-0.2, 0) is 0 Å². The van der Waals surface area contributed by atoms with Crippen LogP contribution in [0.15, 0.2) is 4.52 Å². The maximum Gasteiger partial charge on any atom is 0.229 e. The number of nitrogens with zero attached hydrogens (tertiary/aromatic N) is 4. The van der Waals surface area contributed by atoms with Gasteiger partial charge in [-0.15, -0.1) is 0 Å². The SMILES string of the molecule is CC(C)c1nc([C@@H]2CCCN2CCCC#N)no1. The summed E-state index contributed by atoms with van der Waals surface area (Å²) in [5.74, 6) is 1.81. The van der Waals surface area contributed by atoms with Crippen molar-refractivity contribution in [3.63, 3.8) is 0 Å². The molecule has 0 unspecified atom stereocenters. The standard InChI is InChI=1S/C13H20N4O/c1-10(2)13-15-12(16-18-13)11-6-5-9-17(11)8-4-3-7-14/h10-11H,3-6,8-9H2,1-2H3/t11-/m0/s1. The van der Waals surface area contributed by atoms with Crippen LogP contribution in [0.5, 0.6) is 0 Å². The van der Waals surface area contributed by atoms with Crippen molar-refractivity contribution in [3.8, 4) is 6.07 Å². The summed E-state index contributed by atoms with van der Waals surface area (Å²) in [6.07, 6.45) is 3.79. The van der Waals surface area contributed by atoms with Crippen molar-refractivity contribution in [3.05, 3.63) is 11.7 Å². The number of unbranched alkanes of at least 4 members (excludes halogenated alkanes) is 1. The first kappa shape index (κ1) is 13.0. The summed E-state index contributed by atoms with van der Waals surface area (Å²) in [6, 6.07) is 2.47. The quantitative estimate of drug-likeness (QED) is 0.749. The molecule has 1 aromatic heterocycles. The molecule has 0 radical (unpaired) electrons. The van der Waals surface area contributed by atoms with E-state index in [0.717, 1.165) is 31.8 Å². The smallest absolute Gasteiger partial charge is 0.229 e. The van der Waals surface area contributed by atoms with Crippen LogP contribution in [0.1, 0.15) is 63.2 Å². The highest BCUT2D eigenvalue weighted by Gasteiger charge is 2.29. The largest absolute Gasteiger partial charge is 0.339 e. The van der Waals surface area contributed by atoms with E-state index in [0.29, 0.717) is 12.3 Å². The highest BCUT2D eigenvalue weighted by molar-refractivity contribution is 4.99. The number of likely N-dealkylation sites (tertiary alicyclic amines) is 1. The van der Waals surface area contributed by atoms with Gasteiger partial charge in [0.05, 0.1) is 12.1 Å². The van der Waals surface area contributed by atoms with Gasteiger partial charge in [-0.3, -0.25) is 4.90 Å². The van der Waals surface area contributed by atoms with Crippen LogP contribution < -0.4 is 0 Å². The molecule has 1 atom stereocenters. The summed E-state index contributed by atoms with van der Waals surface area (Å²) in [6.45, 7) is 6.12. The summed E-state index contributed by atoms with van der Waals surface area (Å²) in [4.78, 5) is 6.85. The van der Waals surface area contributed by atoms with Gasteiger partial charge in [-0.25, -0.2) is 0 Å². The number of hydrogen-bond acceptors (Lipinski definition) is 5. The molecule has 0 saturated carbocycles. The molecule has 0 amide bonds. The van der Waals surface area contributed by atoms with Crippen LogP contribution in [0, 0.1) is 11.3 Å². The molecular formula is C13H20N4O. The Morgan fingerprint density at radius 2 is 2.39 bits per heavy atom. The van der Waals surface area contributed by atoms with E-state index in [2.05, 4.69) is 35.0 Å². The number of nitriles is 1. The maximum atomic E-state index is 8.58. The van der Waals surface area contributed by atoms with Gasteiger partial charge in [0, 0.05) is 12.3 Å². The minimum Gasteiger partial charge on any atom is -0.339 e. The van der Waals surface area contributed by atoms with E-state index in [4.69, 9.17) is 9.78 Å². The van der Waals surface area contributed by atoms with Gasteiger partial charge in [0.25, 0.3) is 0 Å². The van der Waals surface area contributed by atoms with Crippen molar-refractivity contribution < 1.29 is 4.52 Å². The van der Waals surface area contributed by atoms with E-state index < -0.39 is 0 Å².